The van der Waals surface area contributed by atoms with Crippen LogP contribution in [0.2, 0.25) is 0 Å². The Labute approximate surface area is 255 Å². The van der Waals surface area contributed by atoms with E-state index in [0.717, 1.165) is 0 Å². The van der Waals surface area contributed by atoms with Crippen molar-refractivity contribution in [2.75, 3.05) is 19.6 Å². The van der Waals surface area contributed by atoms with Crippen LogP contribution in [0.15, 0.2) is 0 Å². The molecule has 0 heterocycles. The van der Waals surface area contributed by atoms with E-state index in [1.807, 2.05) is 0 Å². The smallest absolute Gasteiger partial charge is 0.0192 e. The first kappa shape index (κ1) is 39.9. The summed E-state index contributed by atoms with van der Waals surface area (Å²) in [6.45, 7) is 10.5. The maximum Gasteiger partial charge on any atom is 0.0192 e. The van der Waals surface area contributed by atoms with Crippen LogP contribution in [0.3, 0.4) is 0 Å². The van der Waals surface area contributed by atoms with Gasteiger partial charge in [-0.15, -0.1) is 0 Å². The molecule has 0 aromatic heterocycles. The van der Waals surface area contributed by atoms with Crippen LogP contribution in [0.4, 0.5) is 0 Å². The molecule has 0 aromatic carbocycles. The maximum absolute atomic E-state index is 3.95. The second-order valence-corrected chi connectivity index (χ2v) is 13.2. The number of hydrogen-bond acceptors (Lipinski definition) is 2. The maximum atomic E-state index is 3.95. The number of nitrogens with one attached hydrogen (secondary N) is 2. The fourth-order valence-electron chi connectivity index (χ4n) is 6.09. The molecule has 0 saturated heterocycles. The lowest BCUT2D eigenvalue weighted by molar-refractivity contribution is 0.416. The van der Waals surface area contributed by atoms with Crippen molar-refractivity contribution in [1.29, 1.82) is 0 Å². The first-order valence-electron chi connectivity index (χ1n) is 19.3. The van der Waals surface area contributed by atoms with E-state index in [-0.39, 0.29) is 0 Å². The van der Waals surface area contributed by atoms with E-state index in [2.05, 4.69) is 31.4 Å². The molecule has 0 aliphatic carbocycles. The molecule has 0 aromatic rings. The quantitative estimate of drug-likeness (QED) is 0.0739. The molecule has 0 fully saturated rings. The molecule has 242 valence electrons. The zero-order valence-corrected chi connectivity index (χ0v) is 28.6. The molecule has 0 rings (SSSR count). The molecule has 0 aliphatic heterocycles. The number of hydrogen-bond donors (Lipinski definition) is 2. The molecule has 0 radical (unpaired) electrons. The topological polar surface area (TPSA) is 24.1 Å². The molecule has 1 unspecified atom stereocenters. The summed E-state index contributed by atoms with van der Waals surface area (Å²) in [6, 6.07) is 0.677. The summed E-state index contributed by atoms with van der Waals surface area (Å²) in [4.78, 5) is 0. The summed E-state index contributed by atoms with van der Waals surface area (Å²) in [5.41, 5.74) is 0. The highest BCUT2D eigenvalue weighted by Gasteiger charge is 2.07. The highest BCUT2D eigenvalue weighted by atomic mass is 15.0. The van der Waals surface area contributed by atoms with Crippen LogP contribution in [0.5, 0.6) is 0 Å². The first-order chi connectivity index (χ1) is 19.8. The molecular weight excluding hydrogens is 484 g/mol. The van der Waals surface area contributed by atoms with Gasteiger partial charge in [0.15, 0.2) is 0 Å². The van der Waals surface area contributed by atoms with Crippen LogP contribution in [0, 0.1) is 0 Å². The molecular formula is C38H80N2. The minimum absolute atomic E-state index is 0.677. The Kier molecular flexibility index (Phi) is 36.9. The molecule has 40 heavy (non-hydrogen) atoms. The lowest BCUT2D eigenvalue weighted by Crippen LogP contribution is -2.39. The highest BCUT2D eigenvalue weighted by molar-refractivity contribution is 4.70. The molecule has 0 spiro atoms. The van der Waals surface area contributed by atoms with Gasteiger partial charge < -0.3 is 10.6 Å². The van der Waals surface area contributed by atoms with E-state index in [1.165, 1.54) is 219 Å². The third-order valence-corrected chi connectivity index (χ3v) is 8.97. The Morgan fingerprint density at radius 2 is 0.625 bits per heavy atom. The van der Waals surface area contributed by atoms with Gasteiger partial charge in [0.2, 0.25) is 0 Å². The minimum Gasteiger partial charge on any atom is -0.315 e. The SMILES string of the molecule is CCCCCCCCCCCCNCC(CCCCCCCCCCCC)NCCCCCCCCCCCC. The Hall–Kier alpha value is -0.0800. The van der Waals surface area contributed by atoms with Gasteiger partial charge in [0.25, 0.3) is 0 Å². The van der Waals surface area contributed by atoms with Crippen molar-refractivity contribution >= 4 is 0 Å². The molecule has 0 aliphatic rings. The third kappa shape index (κ3) is 34.1. The molecule has 2 heteroatoms. The summed E-state index contributed by atoms with van der Waals surface area (Å²) < 4.78 is 0. The van der Waals surface area contributed by atoms with Gasteiger partial charge in [0.1, 0.15) is 0 Å². The molecule has 0 saturated carbocycles. The largest absolute Gasteiger partial charge is 0.315 e. The predicted molar refractivity (Wildman–Crippen MR) is 185 cm³/mol. The molecule has 0 amide bonds. The van der Waals surface area contributed by atoms with Crippen LogP contribution >= 0.6 is 0 Å². The van der Waals surface area contributed by atoms with Gasteiger partial charge in [0.05, 0.1) is 0 Å². The lowest BCUT2D eigenvalue weighted by atomic mass is 10.0. The van der Waals surface area contributed by atoms with Crippen LogP contribution < -0.4 is 10.6 Å². The normalized spacial score (nSPS) is 12.4. The average Bonchev–Trinajstić information content (AvgIpc) is 2.97. The third-order valence-electron chi connectivity index (χ3n) is 8.97. The van der Waals surface area contributed by atoms with E-state index in [0.29, 0.717) is 6.04 Å². The Morgan fingerprint density at radius 3 is 1.00 bits per heavy atom. The Bertz CT molecular complexity index is 424. The Morgan fingerprint density at radius 1 is 0.325 bits per heavy atom. The van der Waals surface area contributed by atoms with Crippen molar-refractivity contribution in [3.63, 3.8) is 0 Å². The predicted octanol–water partition coefficient (Wildman–Crippen LogP) is 12.7. The average molecular weight is 565 g/mol. The molecule has 2 nitrogen and oxygen atoms in total. The standard InChI is InChI=1S/C38H80N2/c1-4-7-10-13-16-19-22-25-28-31-34-38(40-36-33-30-27-24-21-18-15-12-9-6-3)37-39-35-32-29-26-23-20-17-14-11-8-5-2/h38-40H,4-37H2,1-3H3. The molecule has 2 N–H and O–H groups in total. The monoisotopic (exact) mass is 565 g/mol. The summed E-state index contributed by atoms with van der Waals surface area (Å²) in [6.07, 6.45) is 44.3. The minimum atomic E-state index is 0.677. The van der Waals surface area contributed by atoms with Gasteiger partial charge in [-0.2, -0.15) is 0 Å². The van der Waals surface area contributed by atoms with Gasteiger partial charge in [-0.1, -0.05) is 201 Å². The number of rotatable bonds is 36. The van der Waals surface area contributed by atoms with Crippen LogP contribution in [-0.2, 0) is 0 Å². The van der Waals surface area contributed by atoms with Crippen molar-refractivity contribution in [1.82, 2.24) is 10.6 Å². The van der Waals surface area contributed by atoms with E-state index in [4.69, 9.17) is 0 Å². The van der Waals surface area contributed by atoms with E-state index in [1.54, 1.807) is 0 Å². The first-order valence-corrected chi connectivity index (χ1v) is 19.3. The van der Waals surface area contributed by atoms with E-state index in [9.17, 15) is 0 Å². The molecule has 0 bridgehead atoms. The number of unbranched alkanes of at least 4 members (excludes halogenated alkanes) is 27. The highest BCUT2D eigenvalue weighted by Crippen LogP contribution is 2.14. The second-order valence-electron chi connectivity index (χ2n) is 13.2. The fraction of sp³-hybridized carbons (Fsp3) is 1.00. The van der Waals surface area contributed by atoms with Crippen molar-refractivity contribution in [3.05, 3.63) is 0 Å². The zero-order valence-electron chi connectivity index (χ0n) is 28.6. The fourth-order valence-corrected chi connectivity index (χ4v) is 6.09. The van der Waals surface area contributed by atoms with Gasteiger partial charge in [0, 0.05) is 12.6 Å². The summed E-state index contributed by atoms with van der Waals surface area (Å²) in [7, 11) is 0. The van der Waals surface area contributed by atoms with Crippen LogP contribution in [-0.4, -0.2) is 25.7 Å². The lowest BCUT2D eigenvalue weighted by Gasteiger charge is -2.20. The summed E-state index contributed by atoms with van der Waals surface area (Å²) >= 11 is 0. The van der Waals surface area contributed by atoms with E-state index >= 15 is 0 Å². The molecule has 1 atom stereocenters. The van der Waals surface area contributed by atoms with Gasteiger partial charge in [-0.25, -0.2) is 0 Å². The summed E-state index contributed by atoms with van der Waals surface area (Å²) in [5.74, 6) is 0. The van der Waals surface area contributed by atoms with Crippen molar-refractivity contribution in [3.8, 4) is 0 Å². The van der Waals surface area contributed by atoms with Crippen LogP contribution in [0.25, 0.3) is 0 Å². The van der Waals surface area contributed by atoms with Crippen LogP contribution in [0.1, 0.15) is 220 Å². The van der Waals surface area contributed by atoms with E-state index < -0.39 is 0 Å². The van der Waals surface area contributed by atoms with Gasteiger partial charge in [-0.05, 0) is 32.4 Å². The Balaban J connectivity index is 3.88. The van der Waals surface area contributed by atoms with Crippen molar-refractivity contribution in [2.24, 2.45) is 0 Å². The van der Waals surface area contributed by atoms with Gasteiger partial charge >= 0.3 is 0 Å². The van der Waals surface area contributed by atoms with Crippen molar-refractivity contribution < 1.29 is 0 Å². The second kappa shape index (κ2) is 36.9. The van der Waals surface area contributed by atoms with Crippen molar-refractivity contribution in [2.45, 2.75) is 226 Å². The zero-order chi connectivity index (χ0) is 29.0. The summed E-state index contributed by atoms with van der Waals surface area (Å²) in [5, 5.41) is 7.78. The van der Waals surface area contributed by atoms with Gasteiger partial charge in [-0.3, -0.25) is 0 Å².